The van der Waals surface area contributed by atoms with E-state index in [0.717, 1.165) is 25.2 Å². The van der Waals surface area contributed by atoms with E-state index in [1.165, 1.54) is 24.0 Å². The minimum absolute atomic E-state index is 0.0524. The lowest BCUT2D eigenvalue weighted by atomic mass is 10.1. The number of benzene rings is 1. The predicted molar refractivity (Wildman–Crippen MR) is 78.5 cm³/mol. The molecule has 1 amide bonds. The van der Waals surface area contributed by atoms with Gasteiger partial charge in [-0.15, -0.1) is 0 Å². The van der Waals surface area contributed by atoms with Crippen LogP contribution >= 0.6 is 0 Å². The monoisotopic (exact) mass is 261 g/mol. The van der Waals surface area contributed by atoms with E-state index in [9.17, 15) is 4.79 Å². The van der Waals surface area contributed by atoms with Crippen LogP contribution in [0.15, 0.2) is 18.2 Å². The van der Waals surface area contributed by atoms with E-state index in [4.69, 9.17) is 0 Å². The summed E-state index contributed by atoms with van der Waals surface area (Å²) in [5.74, 6) is 0.0524. The van der Waals surface area contributed by atoms with E-state index in [1.54, 1.807) is 0 Å². The minimum Gasteiger partial charge on any atom is -0.325 e. The second-order valence-electron chi connectivity index (χ2n) is 5.23. The molecule has 19 heavy (non-hydrogen) atoms. The molecule has 104 valence electrons. The molecule has 0 aromatic heterocycles. The zero-order valence-electron chi connectivity index (χ0n) is 11.8. The molecular weight excluding hydrogens is 238 g/mol. The van der Waals surface area contributed by atoms with Crippen molar-refractivity contribution in [3.8, 4) is 0 Å². The smallest absolute Gasteiger partial charge is 0.238 e. The topological polar surface area (TPSA) is 44.4 Å². The van der Waals surface area contributed by atoms with Crippen molar-refractivity contribution in [2.45, 2.75) is 19.3 Å². The summed E-state index contributed by atoms with van der Waals surface area (Å²) in [5.41, 5.74) is 3.75. The lowest BCUT2D eigenvalue weighted by Gasteiger charge is -2.16. The highest BCUT2D eigenvalue weighted by Gasteiger charge is 2.12. The van der Waals surface area contributed by atoms with Crippen LogP contribution in [-0.2, 0) is 17.6 Å². The molecule has 0 saturated carbocycles. The van der Waals surface area contributed by atoms with Crippen LogP contribution in [0.4, 0.5) is 5.69 Å². The van der Waals surface area contributed by atoms with Gasteiger partial charge in [0.1, 0.15) is 0 Å². The molecule has 2 rings (SSSR count). The van der Waals surface area contributed by atoms with Crippen LogP contribution in [0.1, 0.15) is 17.5 Å². The summed E-state index contributed by atoms with van der Waals surface area (Å²) in [7, 11) is 3.87. The molecule has 0 aliphatic heterocycles. The Kier molecular flexibility index (Phi) is 4.93. The number of likely N-dealkylation sites (N-methyl/N-ethyl adjacent to an activating group) is 2. The number of fused-ring (bicyclic) bond motifs is 1. The first-order valence-electron chi connectivity index (χ1n) is 6.94. The number of aryl methyl sites for hydroxylation is 2. The highest BCUT2D eigenvalue weighted by molar-refractivity contribution is 5.92. The molecule has 1 aromatic rings. The van der Waals surface area contributed by atoms with Crippen molar-refractivity contribution in [1.82, 2.24) is 10.2 Å². The van der Waals surface area contributed by atoms with Gasteiger partial charge in [0.05, 0.1) is 6.54 Å². The van der Waals surface area contributed by atoms with Crippen LogP contribution in [-0.4, -0.2) is 44.5 Å². The largest absolute Gasteiger partial charge is 0.325 e. The first-order chi connectivity index (χ1) is 9.19. The fourth-order valence-electron chi connectivity index (χ4n) is 2.48. The Balaban J connectivity index is 1.85. The van der Waals surface area contributed by atoms with E-state index in [-0.39, 0.29) is 5.91 Å². The molecule has 0 heterocycles. The predicted octanol–water partition coefficient (Wildman–Crippen LogP) is 1.27. The molecule has 1 aromatic carbocycles. The lowest BCUT2D eigenvalue weighted by molar-refractivity contribution is -0.117. The number of carbonyl (C=O) groups is 1. The van der Waals surface area contributed by atoms with Gasteiger partial charge in [-0.25, -0.2) is 0 Å². The van der Waals surface area contributed by atoms with Gasteiger partial charge in [-0.3, -0.25) is 9.69 Å². The van der Waals surface area contributed by atoms with Gasteiger partial charge in [-0.2, -0.15) is 0 Å². The molecule has 0 radical (unpaired) electrons. The van der Waals surface area contributed by atoms with E-state index in [1.807, 2.05) is 25.1 Å². The first-order valence-corrected chi connectivity index (χ1v) is 6.94. The molecule has 4 nitrogen and oxygen atoms in total. The Hall–Kier alpha value is -1.39. The van der Waals surface area contributed by atoms with Crippen molar-refractivity contribution in [2.75, 3.05) is 39.0 Å². The third kappa shape index (κ3) is 4.04. The van der Waals surface area contributed by atoms with Crippen molar-refractivity contribution in [3.05, 3.63) is 29.3 Å². The molecule has 0 saturated heterocycles. The number of nitrogens with zero attached hydrogens (tertiary/aromatic N) is 1. The SMILES string of the molecule is CNCCN(C)CC(=O)Nc1ccc2c(c1)CCC2. The Morgan fingerprint density at radius 3 is 2.89 bits per heavy atom. The van der Waals surface area contributed by atoms with Crippen molar-refractivity contribution >= 4 is 11.6 Å². The molecule has 0 spiro atoms. The first kappa shape index (κ1) is 14.0. The number of rotatable bonds is 6. The second-order valence-corrected chi connectivity index (χ2v) is 5.23. The second kappa shape index (κ2) is 6.68. The summed E-state index contributed by atoms with van der Waals surface area (Å²) in [4.78, 5) is 13.9. The van der Waals surface area contributed by atoms with Gasteiger partial charge in [0.2, 0.25) is 5.91 Å². The molecule has 0 bridgehead atoms. The third-order valence-corrected chi connectivity index (χ3v) is 3.54. The van der Waals surface area contributed by atoms with Gasteiger partial charge in [-0.05, 0) is 56.6 Å². The van der Waals surface area contributed by atoms with Gasteiger partial charge >= 0.3 is 0 Å². The van der Waals surface area contributed by atoms with Crippen LogP contribution in [0.3, 0.4) is 0 Å². The molecule has 0 unspecified atom stereocenters. The molecule has 1 aliphatic carbocycles. The summed E-state index contributed by atoms with van der Waals surface area (Å²) in [6.45, 7) is 2.19. The average Bonchev–Trinajstić information content (AvgIpc) is 2.83. The van der Waals surface area contributed by atoms with Crippen molar-refractivity contribution in [1.29, 1.82) is 0 Å². The summed E-state index contributed by atoms with van der Waals surface area (Å²) in [5, 5.41) is 6.05. The number of carbonyl (C=O) groups excluding carboxylic acids is 1. The standard InChI is InChI=1S/C15H23N3O/c1-16-8-9-18(2)11-15(19)17-14-7-6-12-4-3-5-13(12)10-14/h6-7,10,16H,3-5,8-9,11H2,1-2H3,(H,17,19). The van der Waals surface area contributed by atoms with E-state index in [0.29, 0.717) is 6.54 Å². The zero-order chi connectivity index (χ0) is 13.7. The Bertz CT molecular complexity index is 445. The fraction of sp³-hybridized carbons (Fsp3) is 0.533. The molecule has 0 fully saturated rings. The fourth-order valence-corrected chi connectivity index (χ4v) is 2.48. The molecular formula is C15H23N3O. The summed E-state index contributed by atoms with van der Waals surface area (Å²) in [6.07, 6.45) is 3.55. The summed E-state index contributed by atoms with van der Waals surface area (Å²) >= 11 is 0. The van der Waals surface area contributed by atoms with Crippen molar-refractivity contribution in [2.24, 2.45) is 0 Å². The Morgan fingerprint density at radius 1 is 1.32 bits per heavy atom. The third-order valence-electron chi connectivity index (χ3n) is 3.54. The van der Waals surface area contributed by atoms with E-state index >= 15 is 0 Å². The highest BCUT2D eigenvalue weighted by Crippen LogP contribution is 2.24. The average molecular weight is 261 g/mol. The molecule has 4 heteroatoms. The van der Waals surface area contributed by atoms with Crippen LogP contribution in [0, 0.1) is 0 Å². The van der Waals surface area contributed by atoms with Crippen LogP contribution < -0.4 is 10.6 Å². The Morgan fingerprint density at radius 2 is 2.11 bits per heavy atom. The highest BCUT2D eigenvalue weighted by atomic mass is 16.2. The van der Waals surface area contributed by atoms with Gasteiger partial charge in [0.15, 0.2) is 0 Å². The van der Waals surface area contributed by atoms with Crippen molar-refractivity contribution < 1.29 is 4.79 Å². The summed E-state index contributed by atoms with van der Waals surface area (Å²) < 4.78 is 0. The van der Waals surface area contributed by atoms with Gasteiger partial charge in [-0.1, -0.05) is 6.07 Å². The van der Waals surface area contributed by atoms with Crippen molar-refractivity contribution in [3.63, 3.8) is 0 Å². The minimum atomic E-state index is 0.0524. The zero-order valence-corrected chi connectivity index (χ0v) is 11.8. The Labute approximate surface area is 115 Å². The number of hydrogen-bond donors (Lipinski definition) is 2. The van der Waals surface area contributed by atoms with Crippen LogP contribution in [0.2, 0.25) is 0 Å². The summed E-state index contributed by atoms with van der Waals surface area (Å²) in [6, 6.07) is 6.27. The maximum atomic E-state index is 11.9. The molecule has 1 aliphatic rings. The number of nitrogens with one attached hydrogen (secondary N) is 2. The quantitative estimate of drug-likeness (QED) is 0.810. The van der Waals surface area contributed by atoms with E-state index in [2.05, 4.69) is 22.8 Å². The van der Waals surface area contributed by atoms with Gasteiger partial charge in [0.25, 0.3) is 0 Å². The molecule has 2 N–H and O–H groups in total. The van der Waals surface area contributed by atoms with E-state index < -0.39 is 0 Å². The van der Waals surface area contributed by atoms with Crippen LogP contribution in [0.25, 0.3) is 0 Å². The maximum Gasteiger partial charge on any atom is 0.238 e. The molecule has 0 atom stereocenters. The number of hydrogen-bond acceptors (Lipinski definition) is 3. The maximum absolute atomic E-state index is 11.9. The van der Waals surface area contributed by atoms with Crippen LogP contribution in [0.5, 0.6) is 0 Å². The normalized spacial score (nSPS) is 13.6. The number of anilines is 1. The van der Waals surface area contributed by atoms with Gasteiger partial charge < -0.3 is 10.6 Å². The van der Waals surface area contributed by atoms with Gasteiger partial charge in [0, 0.05) is 18.8 Å². The number of amides is 1. The lowest BCUT2D eigenvalue weighted by Crippen LogP contribution is -2.34.